The Kier molecular flexibility index (Phi) is 7.12. The number of carbonyl (C=O) groups is 1. The van der Waals surface area contributed by atoms with Crippen LogP contribution >= 0.6 is 0 Å². The molecule has 0 bridgehead atoms. The van der Waals surface area contributed by atoms with Crippen molar-refractivity contribution in [3.8, 4) is 34.5 Å². The zero-order valence-corrected chi connectivity index (χ0v) is 22.7. The number of carbonyl (C=O) groups excluding carboxylic acids is 1. The van der Waals surface area contributed by atoms with E-state index in [9.17, 15) is 4.79 Å². The largest absolute Gasteiger partial charge is 0.497 e. The molecule has 0 unspecified atom stereocenters. The third kappa shape index (κ3) is 4.26. The van der Waals surface area contributed by atoms with E-state index in [-0.39, 0.29) is 0 Å². The van der Waals surface area contributed by atoms with Crippen LogP contribution in [-0.2, 0) is 0 Å². The number of methoxy groups -OCH3 is 5. The van der Waals surface area contributed by atoms with Crippen molar-refractivity contribution in [3.63, 3.8) is 0 Å². The van der Waals surface area contributed by atoms with Gasteiger partial charge in [0.15, 0.2) is 23.0 Å². The number of fused-ring (bicyclic) bond motifs is 2. The molecule has 0 fully saturated rings. The van der Waals surface area contributed by atoms with Crippen molar-refractivity contribution >= 4 is 40.8 Å². The lowest BCUT2D eigenvalue weighted by Gasteiger charge is -2.19. The highest BCUT2D eigenvalue weighted by Gasteiger charge is 2.23. The Balaban J connectivity index is 1.91. The quantitative estimate of drug-likeness (QED) is 0.210. The maximum absolute atomic E-state index is 13.7. The van der Waals surface area contributed by atoms with E-state index in [0.717, 1.165) is 38.2 Å². The molecule has 0 saturated heterocycles. The number of hydrogen-bond donors (Lipinski definition) is 0. The van der Waals surface area contributed by atoms with Gasteiger partial charge in [-0.1, -0.05) is 6.07 Å². The molecule has 0 aliphatic rings. The number of rotatable bonds is 7. The van der Waals surface area contributed by atoms with Gasteiger partial charge in [0.2, 0.25) is 0 Å². The summed E-state index contributed by atoms with van der Waals surface area (Å²) in [5, 5.41) is 3.30. The summed E-state index contributed by atoms with van der Waals surface area (Å²) >= 11 is 0. The highest BCUT2D eigenvalue weighted by atomic mass is 16.5. The second-order valence-corrected chi connectivity index (χ2v) is 8.90. The predicted octanol–water partition coefficient (Wildman–Crippen LogP) is 4.44. The van der Waals surface area contributed by atoms with E-state index in [1.807, 2.05) is 58.9 Å². The van der Waals surface area contributed by atoms with Crippen molar-refractivity contribution in [2.24, 2.45) is 0 Å². The van der Waals surface area contributed by atoms with Crippen LogP contribution in [0, 0.1) is 20.8 Å². The van der Waals surface area contributed by atoms with E-state index < -0.39 is 5.97 Å². The fourth-order valence-corrected chi connectivity index (χ4v) is 4.99. The smallest absolute Gasteiger partial charge is 0.343 e. The molecule has 4 aromatic carbocycles. The standard InChI is InChI=1S/C29H31BO7/c1-14-9-17-15(2)26(34-6)23(32-4)12-19(17)22(10-14)37-29(31)21-11-18-16(3)27(35-7)24(33-5)13-20(18)28(36-8)25(21)30/h9-13H,30H2,1-8H3. The van der Waals surface area contributed by atoms with Crippen LogP contribution in [0.25, 0.3) is 21.5 Å². The van der Waals surface area contributed by atoms with Crippen LogP contribution in [0.2, 0.25) is 0 Å². The minimum Gasteiger partial charge on any atom is -0.497 e. The fraction of sp³-hybridized carbons (Fsp3) is 0.276. The summed E-state index contributed by atoms with van der Waals surface area (Å²) in [6.45, 7) is 5.84. The zero-order chi connectivity index (χ0) is 27.0. The van der Waals surface area contributed by atoms with Gasteiger partial charge >= 0.3 is 5.97 Å². The number of benzene rings is 4. The zero-order valence-electron chi connectivity index (χ0n) is 22.7. The van der Waals surface area contributed by atoms with Gasteiger partial charge in [0.1, 0.15) is 19.3 Å². The Morgan fingerprint density at radius 3 is 1.62 bits per heavy atom. The predicted molar refractivity (Wildman–Crippen MR) is 148 cm³/mol. The molecule has 37 heavy (non-hydrogen) atoms. The molecule has 0 N–H and O–H groups in total. The molecule has 0 aliphatic carbocycles. The van der Waals surface area contributed by atoms with E-state index in [1.54, 1.807) is 35.5 Å². The number of ether oxygens (including phenoxy) is 6. The van der Waals surface area contributed by atoms with Crippen LogP contribution in [0.3, 0.4) is 0 Å². The molecule has 0 atom stereocenters. The van der Waals surface area contributed by atoms with Gasteiger partial charge in [-0.15, -0.1) is 0 Å². The van der Waals surface area contributed by atoms with Gasteiger partial charge in [-0.2, -0.15) is 0 Å². The number of aryl methyl sites for hydroxylation is 3. The van der Waals surface area contributed by atoms with Crippen LogP contribution in [0.1, 0.15) is 27.0 Å². The van der Waals surface area contributed by atoms with Crippen molar-refractivity contribution in [2.75, 3.05) is 35.5 Å². The summed E-state index contributed by atoms with van der Waals surface area (Å²) in [4.78, 5) is 13.7. The normalized spacial score (nSPS) is 10.9. The first-order valence-electron chi connectivity index (χ1n) is 11.8. The first-order valence-corrected chi connectivity index (χ1v) is 11.8. The molecule has 0 spiro atoms. The lowest BCUT2D eigenvalue weighted by molar-refractivity contribution is 0.0738. The van der Waals surface area contributed by atoms with Gasteiger partial charge in [0.05, 0.1) is 41.1 Å². The van der Waals surface area contributed by atoms with Crippen molar-refractivity contribution < 1.29 is 33.2 Å². The molecule has 0 saturated carbocycles. The average molecular weight is 502 g/mol. The fourth-order valence-electron chi connectivity index (χ4n) is 4.99. The van der Waals surface area contributed by atoms with Gasteiger partial charge in [-0.05, 0) is 66.8 Å². The maximum Gasteiger partial charge on any atom is 0.343 e. The van der Waals surface area contributed by atoms with Crippen molar-refractivity contribution in [3.05, 3.63) is 52.6 Å². The van der Waals surface area contributed by atoms with E-state index in [2.05, 4.69) is 0 Å². The number of esters is 1. The first-order chi connectivity index (χ1) is 17.7. The average Bonchev–Trinajstić information content (AvgIpc) is 2.88. The summed E-state index contributed by atoms with van der Waals surface area (Å²) in [7, 11) is 9.79. The summed E-state index contributed by atoms with van der Waals surface area (Å²) in [5.41, 5.74) is 3.74. The minimum absolute atomic E-state index is 0.395. The molecule has 0 aliphatic heterocycles. The van der Waals surface area contributed by atoms with Crippen LogP contribution in [-0.4, -0.2) is 49.4 Å². The molecular weight excluding hydrogens is 471 g/mol. The third-order valence-electron chi connectivity index (χ3n) is 6.82. The second-order valence-electron chi connectivity index (χ2n) is 8.90. The van der Waals surface area contributed by atoms with Crippen LogP contribution in [0.15, 0.2) is 30.3 Å². The summed E-state index contributed by atoms with van der Waals surface area (Å²) < 4.78 is 34.0. The van der Waals surface area contributed by atoms with Crippen LogP contribution < -0.4 is 33.9 Å². The highest BCUT2D eigenvalue weighted by molar-refractivity contribution is 6.40. The monoisotopic (exact) mass is 502 g/mol. The van der Waals surface area contributed by atoms with Gasteiger partial charge < -0.3 is 28.4 Å². The maximum atomic E-state index is 13.7. The molecule has 8 heteroatoms. The molecule has 0 radical (unpaired) electrons. The van der Waals surface area contributed by atoms with E-state index >= 15 is 0 Å². The van der Waals surface area contributed by atoms with E-state index in [0.29, 0.717) is 45.5 Å². The minimum atomic E-state index is -0.494. The van der Waals surface area contributed by atoms with Gasteiger partial charge in [0, 0.05) is 21.9 Å². The Bertz CT molecular complexity index is 1540. The summed E-state index contributed by atoms with van der Waals surface area (Å²) in [6.07, 6.45) is 0. The molecule has 4 rings (SSSR count). The lowest BCUT2D eigenvalue weighted by atomic mass is 9.85. The van der Waals surface area contributed by atoms with Crippen molar-refractivity contribution in [2.45, 2.75) is 20.8 Å². The lowest BCUT2D eigenvalue weighted by Crippen LogP contribution is -2.22. The molecule has 0 amide bonds. The van der Waals surface area contributed by atoms with Gasteiger partial charge in [-0.25, -0.2) is 4.79 Å². The van der Waals surface area contributed by atoms with Crippen molar-refractivity contribution in [1.82, 2.24) is 0 Å². The first kappa shape index (κ1) is 26.0. The van der Waals surface area contributed by atoms with E-state index in [1.165, 1.54) is 0 Å². The Morgan fingerprint density at radius 2 is 1.11 bits per heavy atom. The molecule has 4 aromatic rings. The Hall–Kier alpha value is -4.07. The van der Waals surface area contributed by atoms with Gasteiger partial charge in [-0.3, -0.25) is 0 Å². The van der Waals surface area contributed by atoms with E-state index in [4.69, 9.17) is 28.4 Å². The van der Waals surface area contributed by atoms with Crippen LogP contribution in [0.4, 0.5) is 0 Å². The van der Waals surface area contributed by atoms with Gasteiger partial charge in [0.25, 0.3) is 0 Å². The van der Waals surface area contributed by atoms with Crippen molar-refractivity contribution in [1.29, 1.82) is 0 Å². The Labute approximate surface area is 217 Å². The second kappa shape index (κ2) is 10.1. The SMILES string of the molecule is Bc1c(C(=O)Oc2cc(C)cc3c(C)c(OC)c(OC)cc23)cc2c(C)c(OC)c(OC)cc2c1OC. The third-order valence-corrected chi connectivity index (χ3v) is 6.82. The molecule has 0 heterocycles. The topological polar surface area (TPSA) is 72.5 Å². The summed E-state index contributed by atoms with van der Waals surface area (Å²) in [5.74, 6) is 2.91. The summed E-state index contributed by atoms with van der Waals surface area (Å²) in [6, 6.07) is 9.40. The molecule has 7 nitrogen and oxygen atoms in total. The number of hydrogen-bond acceptors (Lipinski definition) is 7. The van der Waals surface area contributed by atoms with Crippen LogP contribution in [0.5, 0.6) is 34.5 Å². The molecular formula is C29H31BO7. The molecule has 192 valence electrons. The highest BCUT2D eigenvalue weighted by Crippen LogP contribution is 2.42. The molecule has 0 aromatic heterocycles. The Morgan fingerprint density at radius 1 is 0.595 bits per heavy atom.